The lowest BCUT2D eigenvalue weighted by Crippen LogP contribution is -1.90. The van der Waals surface area contributed by atoms with E-state index in [-0.39, 0.29) is 0 Å². The van der Waals surface area contributed by atoms with Crippen LogP contribution in [-0.4, -0.2) is 33.4 Å². The average Bonchev–Trinajstić information content (AvgIpc) is 2.22. The zero-order chi connectivity index (χ0) is 11.9. The van der Waals surface area contributed by atoms with E-state index in [9.17, 15) is 8.42 Å². The SMILES string of the molecule is CSC(=CS(=O)(=O)C=C(SC)SC)SC. The molecule has 0 bridgehead atoms. The molecule has 0 atom stereocenters. The lowest BCUT2D eigenvalue weighted by molar-refractivity contribution is 0.612. The van der Waals surface area contributed by atoms with Gasteiger partial charge in [0.25, 0.3) is 0 Å². The van der Waals surface area contributed by atoms with Crippen molar-refractivity contribution in [2.45, 2.75) is 0 Å². The normalized spacial score (nSPS) is 10.9. The van der Waals surface area contributed by atoms with Gasteiger partial charge in [-0.1, -0.05) is 0 Å². The lowest BCUT2D eigenvalue weighted by Gasteiger charge is -2.00. The highest BCUT2D eigenvalue weighted by Crippen LogP contribution is 2.28. The fourth-order valence-electron chi connectivity index (χ4n) is 0.661. The first-order chi connectivity index (χ1) is 6.99. The van der Waals surface area contributed by atoms with Gasteiger partial charge in [-0.2, -0.15) is 0 Å². The van der Waals surface area contributed by atoms with E-state index in [4.69, 9.17) is 0 Å². The average molecular weight is 303 g/mol. The number of hydrogen-bond acceptors (Lipinski definition) is 6. The molecule has 0 aliphatic heterocycles. The van der Waals surface area contributed by atoms with Crippen molar-refractivity contribution < 1.29 is 8.42 Å². The summed E-state index contributed by atoms with van der Waals surface area (Å²) in [6.07, 6.45) is 7.47. The van der Waals surface area contributed by atoms with Gasteiger partial charge in [0.15, 0.2) is 9.84 Å². The van der Waals surface area contributed by atoms with Crippen LogP contribution in [-0.2, 0) is 9.84 Å². The van der Waals surface area contributed by atoms with Crippen molar-refractivity contribution in [2.24, 2.45) is 0 Å². The molecule has 0 aromatic carbocycles. The maximum absolute atomic E-state index is 11.7. The monoisotopic (exact) mass is 302 g/mol. The maximum atomic E-state index is 11.7. The maximum Gasteiger partial charge on any atom is 0.196 e. The Morgan fingerprint density at radius 1 is 0.800 bits per heavy atom. The van der Waals surface area contributed by atoms with Crippen LogP contribution in [0.15, 0.2) is 19.3 Å². The van der Waals surface area contributed by atoms with E-state index in [2.05, 4.69) is 0 Å². The molecular formula is C8H14O2S5. The van der Waals surface area contributed by atoms with Gasteiger partial charge in [0.05, 0.1) is 19.3 Å². The first kappa shape index (κ1) is 15.8. The fourth-order valence-corrected chi connectivity index (χ4v) is 5.75. The third kappa shape index (κ3) is 6.88. The molecule has 0 radical (unpaired) electrons. The Morgan fingerprint density at radius 2 is 1.07 bits per heavy atom. The summed E-state index contributed by atoms with van der Waals surface area (Å²) in [7, 11) is -3.24. The topological polar surface area (TPSA) is 34.1 Å². The van der Waals surface area contributed by atoms with Crippen LogP contribution in [0.5, 0.6) is 0 Å². The van der Waals surface area contributed by atoms with Gasteiger partial charge in [0, 0.05) is 0 Å². The summed E-state index contributed by atoms with van der Waals surface area (Å²) in [6.45, 7) is 0. The minimum absolute atomic E-state index is 0.799. The number of sulfone groups is 1. The third-order valence-electron chi connectivity index (χ3n) is 1.33. The van der Waals surface area contributed by atoms with Crippen LogP contribution in [0.25, 0.3) is 0 Å². The standard InChI is InChI=1S/C8H14O2S5/c1-11-7(12-2)5-15(9,10)6-8(13-3)14-4/h5-6H,1-4H3. The summed E-state index contributed by atoms with van der Waals surface area (Å²) >= 11 is 5.76. The van der Waals surface area contributed by atoms with Crippen LogP contribution < -0.4 is 0 Å². The Morgan fingerprint density at radius 3 is 1.27 bits per heavy atom. The zero-order valence-electron chi connectivity index (χ0n) is 9.01. The summed E-state index contributed by atoms with van der Waals surface area (Å²) in [5.41, 5.74) is 0. The zero-order valence-corrected chi connectivity index (χ0v) is 13.1. The molecule has 0 heterocycles. The Labute approximate surface area is 109 Å². The van der Waals surface area contributed by atoms with Crippen molar-refractivity contribution in [1.29, 1.82) is 0 Å². The minimum Gasteiger partial charge on any atom is -0.220 e. The van der Waals surface area contributed by atoms with Gasteiger partial charge in [-0.05, 0) is 25.0 Å². The van der Waals surface area contributed by atoms with Gasteiger partial charge in [-0.15, -0.1) is 47.0 Å². The van der Waals surface area contributed by atoms with Crippen LogP contribution >= 0.6 is 47.0 Å². The van der Waals surface area contributed by atoms with Crippen molar-refractivity contribution in [3.63, 3.8) is 0 Å². The van der Waals surface area contributed by atoms with Crippen LogP contribution in [0.1, 0.15) is 0 Å². The van der Waals surface area contributed by atoms with E-state index in [1.165, 1.54) is 57.9 Å². The van der Waals surface area contributed by atoms with E-state index in [1.807, 2.05) is 25.0 Å². The summed E-state index contributed by atoms with van der Waals surface area (Å²) in [4.78, 5) is 0. The quantitative estimate of drug-likeness (QED) is 0.747. The summed E-state index contributed by atoms with van der Waals surface area (Å²) in [5, 5.41) is 2.63. The van der Waals surface area contributed by atoms with Crippen LogP contribution in [0.4, 0.5) is 0 Å². The molecule has 0 aliphatic carbocycles. The molecule has 0 aromatic heterocycles. The predicted molar refractivity (Wildman–Crippen MR) is 79.1 cm³/mol. The van der Waals surface area contributed by atoms with Crippen molar-refractivity contribution in [3.05, 3.63) is 19.3 Å². The van der Waals surface area contributed by atoms with Crippen LogP contribution in [0, 0.1) is 0 Å². The van der Waals surface area contributed by atoms with Crippen molar-refractivity contribution in [3.8, 4) is 0 Å². The summed E-state index contributed by atoms with van der Waals surface area (Å²) in [6, 6.07) is 0. The van der Waals surface area contributed by atoms with Gasteiger partial charge in [0.1, 0.15) is 0 Å². The van der Waals surface area contributed by atoms with Crippen LogP contribution in [0.3, 0.4) is 0 Å². The second-order valence-electron chi connectivity index (χ2n) is 2.28. The highest BCUT2D eigenvalue weighted by molar-refractivity contribution is 8.23. The van der Waals surface area contributed by atoms with Gasteiger partial charge in [-0.3, -0.25) is 0 Å². The molecule has 0 amide bonds. The summed E-state index contributed by atoms with van der Waals surface area (Å²) < 4.78 is 25.0. The molecule has 0 saturated heterocycles. The number of thioether (sulfide) groups is 4. The lowest BCUT2D eigenvalue weighted by atomic mass is 11.2. The Balaban J connectivity index is 5.00. The predicted octanol–water partition coefficient (Wildman–Crippen LogP) is 3.45. The molecule has 88 valence electrons. The van der Waals surface area contributed by atoms with Gasteiger partial charge in [0.2, 0.25) is 0 Å². The molecule has 0 rings (SSSR count). The molecule has 7 heteroatoms. The molecular weight excluding hydrogens is 288 g/mol. The third-order valence-corrected chi connectivity index (χ3v) is 7.13. The second kappa shape index (κ2) is 8.00. The molecule has 0 spiro atoms. The van der Waals surface area contributed by atoms with Crippen molar-refractivity contribution in [1.82, 2.24) is 0 Å². The smallest absolute Gasteiger partial charge is 0.196 e. The Kier molecular flexibility index (Phi) is 8.44. The number of rotatable bonds is 6. The first-order valence-electron chi connectivity index (χ1n) is 3.83. The van der Waals surface area contributed by atoms with Gasteiger partial charge >= 0.3 is 0 Å². The van der Waals surface area contributed by atoms with Crippen LogP contribution in [0.2, 0.25) is 0 Å². The molecule has 0 N–H and O–H groups in total. The van der Waals surface area contributed by atoms with E-state index in [0.29, 0.717) is 0 Å². The highest BCUT2D eigenvalue weighted by atomic mass is 32.2. The van der Waals surface area contributed by atoms with E-state index >= 15 is 0 Å². The first-order valence-corrected chi connectivity index (χ1v) is 10.3. The Hall–Kier alpha value is 0.830. The molecule has 0 aliphatic rings. The molecule has 0 unspecified atom stereocenters. The number of hydrogen-bond donors (Lipinski definition) is 0. The van der Waals surface area contributed by atoms with Gasteiger partial charge < -0.3 is 0 Å². The summed E-state index contributed by atoms with van der Waals surface area (Å²) in [5.74, 6) is 0. The second-order valence-corrected chi connectivity index (χ2v) is 7.84. The van der Waals surface area contributed by atoms with E-state index < -0.39 is 9.84 Å². The molecule has 0 fully saturated rings. The fraction of sp³-hybridized carbons (Fsp3) is 0.500. The van der Waals surface area contributed by atoms with E-state index in [1.54, 1.807) is 0 Å². The largest absolute Gasteiger partial charge is 0.220 e. The highest BCUT2D eigenvalue weighted by Gasteiger charge is 2.07. The molecule has 15 heavy (non-hydrogen) atoms. The molecule has 0 saturated carbocycles. The van der Waals surface area contributed by atoms with Crippen molar-refractivity contribution >= 4 is 56.9 Å². The van der Waals surface area contributed by atoms with E-state index in [0.717, 1.165) is 8.47 Å². The van der Waals surface area contributed by atoms with Gasteiger partial charge in [-0.25, -0.2) is 8.42 Å². The minimum atomic E-state index is -3.24. The van der Waals surface area contributed by atoms with Crippen molar-refractivity contribution in [2.75, 3.05) is 25.0 Å². The Bertz CT molecular complexity index is 302. The molecule has 2 nitrogen and oxygen atoms in total. The molecule has 0 aromatic rings.